The number of piperidine rings is 1. The molecule has 3 rings (SSSR count). The molecule has 2 saturated heterocycles. The Balaban J connectivity index is 1.80. The molecule has 2 heteroatoms. The van der Waals surface area contributed by atoms with E-state index in [1.807, 2.05) is 18.2 Å². The maximum Gasteiger partial charge on any atom is 0.119 e. The largest absolute Gasteiger partial charge is 0.508 e. The minimum atomic E-state index is 0.479. The van der Waals surface area contributed by atoms with Gasteiger partial charge in [-0.3, -0.25) is 4.90 Å². The van der Waals surface area contributed by atoms with Gasteiger partial charge in [0, 0.05) is 18.5 Å². The molecule has 2 atom stereocenters. The van der Waals surface area contributed by atoms with E-state index in [1.54, 1.807) is 0 Å². The van der Waals surface area contributed by atoms with Gasteiger partial charge in [-0.25, -0.2) is 0 Å². The first-order valence-electron chi connectivity index (χ1n) is 6.36. The number of phenolic OH excluding ortho intramolecular Hbond substituents is 1. The molecule has 1 aromatic rings. The van der Waals surface area contributed by atoms with Crippen molar-refractivity contribution in [1.82, 2.24) is 4.90 Å². The summed E-state index contributed by atoms with van der Waals surface area (Å²) in [5.74, 6) is 1.02. The van der Waals surface area contributed by atoms with Crippen molar-refractivity contribution in [2.24, 2.45) is 0 Å². The van der Waals surface area contributed by atoms with Crippen LogP contribution in [0.2, 0.25) is 0 Å². The Morgan fingerprint density at radius 1 is 1.19 bits per heavy atom. The Bertz CT molecular complexity index is 363. The van der Waals surface area contributed by atoms with Crippen molar-refractivity contribution >= 4 is 0 Å². The number of nitrogens with zero attached hydrogens (tertiary/aromatic N) is 1. The molecule has 16 heavy (non-hydrogen) atoms. The Kier molecular flexibility index (Phi) is 2.60. The molecule has 0 aliphatic carbocycles. The van der Waals surface area contributed by atoms with Crippen LogP contribution in [0.1, 0.15) is 37.2 Å². The maximum atomic E-state index is 9.89. The summed E-state index contributed by atoms with van der Waals surface area (Å²) in [5, 5.41) is 9.89. The molecule has 0 saturated carbocycles. The van der Waals surface area contributed by atoms with Crippen LogP contribution in [-0.4, -0.2) is 29.1 Å². The molecule has 0 spiro atoms. The van der Waals surface area contributed by atoms with E-state index in [1.165, 1.54) is 32.2 Å². The van der Waals surface area contributed by atoms with Gasteiger partial charge in [0.15, 0.2) is 0 Å². The highest BCUT2D eigenvalue weighted by Gasteiger charge is 2.34. The van der Waals surface area contributed by atoms with Gasteiger partial charge in [-0.05, 0) is 37.4 Å². The Morgan fingerprint density at radius 2 is 2.06 bits per heavy atom. The number of phenols is 1. The van der Waals surface area contributed by atoms with Crippen molar-refractivity contribution in [3.8, 4) is 5.75 Å². The number of hydrogen-bond acceptors (Lipinski definition) is 2. The van der Waals surface area contributed by atoms with Crippen LogP contribution in [-0.2, 0) is 0 Å². The first kappa shape index (κ1) is 10.2. The van der Waals surface area contributed by atoms with E-state index in [4.69, 9.17) is 0 Å². The SMILES string of the molecule is Oc1ccccc1[C@H]1C[C@@H]2CCCCN2C1. The van der Waals surface area contributed by atoms with Gasteiger partial charge < -0.3 is 5.11 Å². The van der Waals surface area contributed by atoms with Gasteiger partial charge in [0.1, 0.15) is 5.75 Å². The molecular weight excluding hydrogens is 198 g/mol. The summed E-state index contributed by atoms with van der Waals surface area (Å²) in [5.41, 5.74) is 1.15. The average Bonchev–Trinajstić information content (AvgIpc) is 2.73. The molecule has 1 N–H and O–H groups in total. The number of aromatic hydroxyl groups is 1. The van der Waals surface area contributed by atoms with Crippen molar-refractivity contribution < 1.29 is 5.11 Å². The zero-order valence-electron chi connectivity index (χ0n) is 9.60. The standard InChI is InChI=1S/C14H19NO/c16-14-7-2-1-6-13(14)11-9-12-5-3-4-8-15(12)10-11/h1-2,6-7,11-12,16H,3-5,8-10H2/t11-,12-/m0/s1. The fraction of sp³-hybridized carbons (Fsp3) is 0.571. The maximum absolute atomic E-state index is 9.89. The molecule has 86 valence electrons. The quantitative estimate of drug-likeness (QED) is 0.782. The second-order valence-electron chi connectivity index (χ2n) is 5.14. The Labute approximate surface area is 96.9 Å². The fourth-order valence-corrected chi connectivity index (χ4v) is 3.31. The van der Waals surface area contributed by atoms with Gasteiger partial charge in [0.05, 0.1) is 0 Å². The lowest BCUT2D eigenvalue weighted by Crippen LogP contribution is -2.33. The Morgan fingerprint density at radius 3 is 2.88 bits per heavy atom. The first-order valence-corrected chi connectivity index (χ1v) is 6.36. The van der Waals surface area contributed by atoms with E-state index in [0.29, 0.717) is 11.7 Å². The highest BCUT2D eigenvalue weighted by molar-refractivity contribution is 5.36. The second kappa shape index (κ2) is 4.10. The number of hydrogen-bond donors (Lipinski definition) is 1. The van der Waals surface area contributed by atoms with Gasteiger partial charge in [-0.1, -0.05) is 24.6 Å². The van der Waals surface area contributed by atoms with E-state index < -0.39 is 0 Å². The third kappa shape index (κ3) is 1.71. The summed E-state index contributed by atoms with van der Waals surface area (Å²) >= 11 is 0. The minimum absolute atomic E-state index is 0.479. The molecule has 0 aromatic heterocycles. The predicted octanol–water partition coefficient (Wildman–Crippen LogP) is 2.73. The summed E-state index contributed by atoms with van der Waals surface area (Å²) < 4.78 is 0. The average molecular weight is 217 g/mol. The monoisotopic (exact) mass is 217 g/mol. The number of fused-ring (bicyclic) bond motifs is 1. The normalized spacial score (nSPS) is 30.2. The van der Waals surface area contributed by atoms with Crippen LogP contribution < -0.4 is 0 Å². The van der Waals surface area contributed by atoms with Crippen LogP contribution in [0.4, 0.5) is 0 Å². The van der Waals surface area contributed by atoms with Crippen molar-refractivity contribution in [3.63, 3.8) is 0 Å². The lowest BCUT2D eigenvalue weighted by molar-refractivity contribution is 0.197. The van der Waals surface area contributed by atoms with E-state index in [-0.39, 0.29) is 0 Å². The molecule has 0 unspecified atom stereocenters. The summed E-state index contributed by atoms with van der Waals surface area (Å²) in [7, 11) is 0. The number of rotatable bonds is 1. The molecule has 2 nitrogen and oxygen atoms in total. The van der Waals surface area contributed by atoms with Crippen LogP contribution in [0.15, 0.2) is 24.3 Å². The fourth-order valence-electron chi connectivity index (χ4n) is 3.31. The van der Waals surface area contributed by atoms with Crippen LogP contribution in [0.5, 0.6) is 5.75 Å². The van der Waals surface area contributed by atoms with Crippen LogP contribution in [0.3, 0.4) is 0 Å². The highest BCUT2D eigenvalue weighted by Crippen LogP contribution is 2.38. The number of benzene rings is 1. The van der Waals surface area contributed by atoms with E-state index >= 15 is 0 Å². The third-order valence-electron chi connectivity index (χ3n) is 4.14. The molecule has 2 aliphatic heterocycles. The Hall–Kier alpha value is -1.02. The van der Waals surface area contributed by atoms with Gasteiger partial charge in [-0.15, -0.1) is 0 Å². The lowest BCUT2D eigenvalue weighted by Gasteiger charge is -2.28. The van der Waals surface area contributed by atoms with Gasteiger partial charge in [0.25, 0.3) is 0 Å². The smallest absolute Gasteiger partial charge is 0.119 e. The summed E-state index contributed by atoms with van der Waals surface area (Å²) in [6.07, 6.45) is 5.32. The predicted molar refractivity (Wildman–Crippen MR) is 64.7 cm³/mol. The van der Waals surface area contributed by atoms with Gasteiger partial charge in [-0.2, -0.15) is 0 Å². The lowest BCUT2D eigenvalue weighted by atomic mass is 9.94. The van der Waals surface area contributed by atoms with Crippen molar-refractivity contribution in [2.75, 3.05) is 13.1 Å². The zero-order valence-corrected chi connectivity index (χ0v) is 9.60. The topological polar surface area (TPSA) is 23.5 Å². The van der Waals surface area contributed by atoms with Crippen LogP contribution >= 0.6 is 0 Å². The van der Waals surface area contributed by atoms with Gasteiger partial charge >= 0.3 is 0 Å². The molecule has 0 radical (unpaired) electrons. The van der Waals surface area contributed by atoms with E-state index in [0.717, 1.165) is 18.2 Å². The zero-order chi connectivity index (χ0) is 11.0. The summed E-state index contributed by atoms with van der Waals surface area (Å²) in [6, 6.07) is 8.61. The van der Waals surface area contributed by atoms with E-state index in [2.05, 4.69) is 11.0 Å². The molecule has 2 heterocycles. The van der Waals surface area contributed by atoms with E-state index in [9.17, 15) is 5.11 Å². The molecule has 0 bridgehead atoms. The molecule has 2 aliphatic rings. The van der Waals surface area contributed by atoms with Crippen molar-refractivity contribution in [1.29, 1.82) is 0 Å². The molecule has 2 fully saturated rings. The second-order valence-corrected chi connectivity index (χ2v) is 5.14. The molecule has 0 amide bonds. The van der Waals surface area contributed by atoms with Gasteiger partial charge in [0.2, 0.25) is 0 Å². The minimum Gasteiger partial charge on any atom is -0.508 e. The highest BCUT2D eigenvalue weighted by atomic mass is 16.3. The summed E-state index contributed by atoms with van der Waals surface area (Å²) in [4.78, 5) is 2.61. The molecular formula is C14H19NO. The van der Waals surface area contributed by atoms with Crippen LogP contribution in [0.25, 0.3) is 0 Å². The third-order valence-corrected chi connectivity index (χ3v) is 4.14. The summed E-state index contributed by atoms with van der Waals surface area (Å²) in [6.45, 7) is 2.40. The van der Waals surface area contributed by atoms with Crippen molar-refractivity contribution in [2.45, 2.75) is 37.6 Å². The molecule has 1 aromatic carbocycles. The van der Waals surface area contributed by atoms with Crippen molar-refractivity contribution in [3.05, 3.63) is 29.8 Å². The first-order chi connectivity index (χ1) is 7.84. The van der Waals surface area contributed by atoms with Crippen LogP contribution in [0, 0.1) is 0 Å². The number of para-hydroxylation sites is 1.